The number of rotatable bonds is 12. The molecule has 0 aliphatic carbocycles. The summed E-state index contributed by atoms with van der Waals surface area (Å²) in [6, 6.07) is 9.57. The highest BCUT2D eigenvalue weighted by molar-refractivity contribution is 5.82. The highest BCUT2D eigenvalue weighted by Gasteiger charge is 2.32. The number of methoxy groups -OCH3 is 1. The number of carboxylic acids is 1. The van der Waals surface area contributed by atoms with Gasteiger partial charge in [-0.3, -0.25) is 4.79 Å². The van der Waals surface area contributed by atoms with Crippen LogP contribution in [0.15, 0.2) is 30.3 Å². The molecule has 1 amide bonds. The van der Waals surface area contributed by atoms with Crippen molar-refractivity contribution in [2.24, 2.45) is 0 Å². The summed E-state index contributed by atoms with van der Waals surface area (Å²) < 4.78 is 16.4. The average Bonchev–Trinajstić information content (AvgIpc) is 2.74. The number of benzene rings is 1. The van der Waals surface area contributed by atoms with Gasteiger partial charge in [-0.05, 0) is 24.8 Å². The zero-order valence-electron chi connectivity index (χ0n) is 17.4. The summed E-state index contributed by atoms with van der Waals surface area (Å²) >= 11 is 0. The van der Waals surface area contributed by atoms with Crippen LogP contribution in [0.3, 0.4) is 0 Å². The summed E-state index contributed by atoms with van der Waals surface area (Å²) in [5.41, 5.74) is 0.948. The van der Waals surface area contributed by atoms with E-state index in [0.717, 1.165) is 31.2 Å². The van der Waals surface area contributed by atoms with Gasteiger partial charge in [0.15, 0.2) is 6.10 Å². The molecule has 1 saturated heterocycles. The average molecular weight is 408 g/mol. The second-order valence-electron chi connectivity index (χ2n) is 7.38. The quantitative estimate of drug-likeness (QED) is 0.536. The molecule has 1 aromatic carbocycles. The molecule has 0 spiro atoms. The van der Waals surface area contributed by atoms with Crippen molar-refractivity contribution in [3.8, 4) is 0 Å². The maximum Gasteiger partial charge on any atom is 0.332 e. The first-order valence-corrected chi connectivity index (χ1v) is 10.4. The van der Waals surface area contributed by atoms with E-state index in [1.807, 2.05) is 37.3 Å². The smallest absolute Gasteiger partial charge is 0.332 e. The van der Waals surface area contributed by atoms with Gasteiger partial charge in [-0.15, -0.1) is 0 Å². The molecular weight excluding hydrogens is 374 g/mol. The van der Waals surface area contributed by atoms with E-state index < -0.39 is 18.2 Å². The first-order chi connectivity index (χ1) is 14.0. The standard InChI is InChI=1S/C22H33NO6/c1-3-4-10-19(22(25)26)29-20(15-17-8-6-5-7-9-17)21(24)23-13-11-18(12-14-23)28-16-27-2/h5-9,18-20H,3-4,10-16H2,1-2H3,(H,25,26)/t19?,20-/m0/s1. The van der Waals surface area contributed by atoms with Gasteiger partial charge in [-0.25, -0.2) is 4.79 Å². The van der Waals surface area contributed by atoms with Crippen molar-refractivity contribution >= 4 is 11.9 Å². The zero-order valence-corrected chi connectivity index (χ0v) is 17.4. The highest BCUT2D eigenvalue weighted by Crippen LogP contribution is 2.19. The fraction of sp³-hybridized carbons (Fsp3) is 0.636. The molecular formula is C22H33NO6. The Morgan fingerprint density at radius 3 is 2.45 bits per heavy atom. The number of ether oxygens (including phenoxy) is 3. The molecule has 1 aliphatic heterocycles. The van der Waals surface area contributed by atoms with Crippen molar-refractivity contribution in [3.05, 3.63) is 35.9 Å². The molecule has 29 heavy (non-hydrogen) atoms. The Balaban J connectivity index is 2.05. The van der Waals surface area contributed by atoms with Crippen LogP contribution in [-0.2, 0) is 30.2 Å². The summed E-state index contributed by atoms with van der Waals surface area (Å²) in [5.74, 6) is -1.17. The second kappa shape index (κ2) is 12.6. The number of nitrogens with zero attached hydrogens (tertiary/aromatic N) is 1. The van der Waals surface area contributed by atoms with Crippen molar-refractivity contribution in [2.45, 2.75) is 63.8 Å². The van der Waals surface area contributed by atoms with E-state index in [1.54, 1.807) is 12.0 Å². The van der Waals surface area contributed by atoms with Gasteiger partial charge in [0, 0.05) is 26.6 Å². The molecule has 1 heterocycles. The van der Waals surface area contributed by atoms with Gasteiger partial charge < -0.3 is 24.2 Å². The number of amides is 1. The number of carbonyl (C=O) groups excluding carboxylic acids is 1. The number of unbranched alkanes of at least 4 members (excludes halogenated alkanes) is 1. The van der Waals surface area contributed by atoms with Crippen LogP contribution in [-0.4, -0.2) is 67.2 Å². The number of likely N-dealkylation sites (tertiary alicyclic amines) is 1. The second-order valence-corrected chi connectivity index (χ2v) is 7.38. The number of carboxylic acid groups (broad SMARTS) is 1. The molecule has 0 radical (unpaired) electrons. The minimum absolute atomic E-state index is 0.0730. The van der Waals surface area contributed by atoms with Crippen molar-refractivity contribution in [1.82, 2.24) is 4.90 Å². The summed E-state index contributed by atoms with van der Waals surface area (Å²) in [6.45, 7) is 3.38. The molecule has 7 heteroatoms. The largest absolute Gasteiger partial charge is 0.479 e. The molecule has 1 aromatic rings. The molecule has 1 N–H and O–H groups in total. The first kappa shape index (κ1) is 23.3. The van der Waals surface area contributed by atoms with E-state index in [2.05, 4.69) is 0 Å². The van der Waals surface area contributed by atoms with Gasteiger partial charge >= 0.3 is 5.97 Å². The van der Waals surface area contributed by atoms with Crippen molar-refractivity contribution in [3.63, 3.8) is 0 Å². The lowest BCUT2D eigenvalue weighted by atomic mass is 10.0. The van der Waals surface area contributed by atoms with Gasteiger partial charge in [0.25, 0.3) is 5.91 Å². The van der Waals surface area contributed by atoms with Crippen LogP contribution in [0, 0.1) is 0 Å². The number of piperidine rings is 1. The Hall–Kier alpha value is -1.96. The fourth-order valence-corrected chi connectivity index (χ4v) is 3.47. The zero-order chi connectivity index (χ0) is 21.1. The minimum Gasteiger partial charge on any atom is -0.479 e. The maximum atomic E-state index is 13.2. The van der Waals surface area contributed by atoms with Crippen molar-refractivity contribution < 1.29 is 28.9 Å². The number of hydrogen-bond acceptors (Lipinski definition) is 5. The molecule has 2 rings (SSSR count). The number of hydrogen-bond donors (Lipinski definition) is 1. The molecule has 1 fully saturated rings. The third-order valence-electron chi connectivity index (χ3n) is 5.14. The third kappa shape index (κ3) is 7.76. The van der Waals surface area contributed by atoms with E-state index in [9.17, 15) is 14.7 Å². The summed E-state index contributed by atoms with van der Waals surface area (Å²) in [5, 5.41) is 9.55. The molecule has 1 unspecified atom stereocenters. The van der Waals surface area contributed by atoms with Crippen LogP contribution in [0.4, 0.5) is 0 Å². The minimum atomic E-state index is -1.02. The summed E-state index contributed by atoms with van der Waals surface area (Å²) in [6.07, 6.45) is 2.11. The first-order valence-electron chi connectivity index (χ1n) is 10.4. The molecule has 162 valence electrons. The van der Waals surface area contributed by atoms with Gasteiger partial charge in [-0.2, -0.15) is 0 Å². The van der Waals surface area contributed by atoms with Gasteiger partial charge in [0.05, 0.1) is 6.10 Å². The van der Waals surface area contributed by atoms with E-state index in [0.29, 0.717) is 25.9 Å². The topological polar surface area (TPSA) is 85.3 Å². The van der Waals surface area contributed by atoms with Crippen LogP contribution in [0.1, 0.15) is 44.6 Å². The Kier molecular flexibility index (Phi) is 10.1. The van der Waals surface area contributed by atoms with Gasteiger partial charge in [0.1, 0.15) is 12.9 Å². The molecule has 0 saturated carbocycles. The monoisotopic (exact) mass is 407 g/mol. The number of aliphatic carboxylic acids is 1. The molecule has 0 bridgehead atoms. The predicted octanol–water partition coefficient (Wildman–Crippen LogP) is 2.87. The van der Waals surface area contributed by atoms with Crippen LogP contribution in [0.5, 0.6) is 0 Å². The molecule has 0 aromatic heterocycles. The van der Waals surface area contributed by atoms with Crippen molar-refractivity contribution in [1.29, 1.82) is 0 Å². The van der Waals surface area contributed by atoms with E-state index >= 15 is 0 Å². The Bertz CT molecular complexity index is 615. The van der Waals surface area contributed by atoms with Crippen LogP contribution in [0.2, 0.25) is 0 Å². The Morgan fingerprint density at radius 1 is 1.17 bits per heavy atom. The maximum absolute atomic E-state index is 13.2. The van der Waals surface area contributed by atoms with E-state index in [-0.39, 0.29) is 18.8 Å². The van der Waals surface area contributed by atoms with Crippen LogP contribution in [0.25, 0.3) is 0 Å². The molecule has 1 aliphatic rings. The molecule has 7 nitrogen and oxygen atoms in total. The Morgan fingerprint density at radius 2 is 1.86 bits per heavy atom. The Labute approximate surface area is 172 Å². The number of carbonyl (C=O) groups is 2. The lowest BCUT2D eigenvalue weighted by Crippen LogP contribution is -2.48. The lowest BCUT2D eigenvalue weighted by Gasteiger charge is -2.34. The highest BCUT2D eigenvalue weighted by atomic mass is 16.7. The van der Waals surface area contributed by atoms with Crippen molar-refractivity contribution in [2.75, 3.05) is 27.0 Å². The third-order valence-corrected chi connectivity index (χ3v) is 5.14. The molecule has 2 atom stereocenters. The van der Waals surface area contributed by atoms with Crippen LogP contribution < -0.4 is 0 Å². The fourth-order valence-electron chi connectivity index (χ4n) is 3.47. The normalized spacial score (nSPS) is 17.1. The SMILES string of the molecule is CCCCC(O[C@@H](Cc1ccccc1)C(=O)N1CCC(OCOC)CC1)C(=O)O. The van der Waals surface area contributed by atoms with Gasteiger partial charge in [0.2, 0.25) is 0 Å². The van der Waals surface area contributed by atoms with Gasteiger partial charge in [-0.1, -0.05) is 50.1 Å². The summed E-state index contributed by atoms with van der Waals surface area (Å²) in [7, 11) is 1.58. The van der Waals surface area contributed by atoms with Crippen LogP contribution >= 0.6 is 0 Å². The predicted molar refractivity (Wildman–Crippen MR) is 109 cm³/mol. The van der Waals surface area contributed by atoms with E-state index in [4.69, 9.17) is 14.2 Å². The summed E-state index contributed by atoms with van der Waals surface area (Å²) in [4.78, 5) is 26.6. The lowest BCUT2D eigenvalue weighted by molar-refractivity contribution is -0.164. The van der Waals surface area contributed by atoms with E-state index in [1.165, 1.54) is 0 Å².